The van der Waals surface area contributed by atoms with E-state index in [0.717, 1.165) is 28.4 Å². The van der Waals surface area contributed by atoms with Gasteiger partial charge in [0.2, 0.25) is 0 Å². The molecule has 5 rings (SSSR count). The minimum absolute atomic E-state index is 0.297. The van der Waals surface area contributed by atoms with Crippen LogP contribution in [-0.4, -0.2) is 29.1 Å². The smallest absolute Gasteiger partial charge is 0.163 e. The largest absolute Gasteiger partial charge is 0.377 e. The summed E-state index contributed by atoms with van der Waals surface area (Å²) in [4.78, 5) is 13.6. The molecule has 0 bridgehead atoms. The third-order valence-corrected chi connectivity index (χ3v) is 4.74. The second kappa shape index (κ2) is 7.40. The number of nitrogens with zero attached hydrogens (tertiary/aromatic N) is 6. The van der Waals surface area contributed by atoms with E-state index in [-0.39, 0.29) is 5.82 Å². The maximum absolute atomic E-state index is 14.0. The van der Waals surface area contributed by atoms with Gasteiger partial charge in [-0.2, -0.15) is 5.10 Å². The molecule has 0 unspecified atom stereocenters. The lowest BCUT2D eigenvalue weighted by Gasteiger charge is -2.08. The minimum Gasteiger partial charge on any atom is -0.377 e. The van der Waals surface area contributed by atoms with Gasteiger partial charge in [0.25, 0.3) is 0 Å². The third-order valence-electron chi connectivity index (χ3n) is 4.74. The SMILES string of the molecule is Cc1cccc(-c2nc(CNc3ccccc3F)cn2-c2ccc3ncnn3c2)n1. The molecule has 30 heavy (non-hydrogen) atoms. The van der Waals surface area contributed by atoms with E-state index in [0.29, 0.717) is 18.1 Å². The summed E-state index contributed by atoms with van der Waals surface area (Å²) >= 11 is 0. The fourth-order valence-electron chi connectivity index (χ4n) is 3.30. The highest BCUT2D eigenvalue weighted by molar-refractivity contribution is 5.56. The standard InChI is InChI=1S/C22H18FN7/c1-15-5-4-8-20(27-15)22-28-16(11-24-19-7-3-2-6-18(19)23)12-29(22)17-9-10-21-25-14-26-30(21)13-17/h2-10,12-14,24H,11H2,1H3. The van der Waals surface area contributed by atoms with Crippen molar-refractivity contribution in [2.75, 3.05) is 5.32 Å². The number of nitrogens with one attached hydrogen (secondary N) is 1. The van der Waals surface area contributed by atoms with Crippen LogP contribution in [0.15, 0.2) is 73.3 Å². The molecule has 0 spiro atoms. The van der Waals surface area contributed by atoms with Gasteiger partial charge in [-0.1, -0.05) is 18.2 Å². The molecule has 8 heteroatoms. The number of benzene rings is 1. The van der Waals surface area contributed by atoms with Crippen LogP contribution in [0.5, 0.6) is 0 Å². The fraction of sp³-hybridized carbons (Fsp3) is 0.0909. The van der Waals surface area contributed by atoms with Gasteiger partial charge >= 0.3 is 0 Å². The van der Waals surface area contributed by atoms with Crippen molar-refractivity contribution in [3.8, 4) is 17.2 Å². The van der Waals surface area contributed by atoms with Crippen LogP contribution in [-0.2, 0) is 6.54 Å². The highest BCUT2D eigenvalue weighted by Gasteiger charge is 2.14. The molecule has 0 aliphatic rings. The number of aromatic nitrogens is 6. The van der Waals surface area contributed by atoms with Crippen molar-refractivity contribution in [1.29, 1.82) is 0 Å². The lowest BCUT2D eigenvalue weighted by molar-refractivity contribution is 0.630. The van der Waals surface area contributed by atoms with Gasteiger partial charge in [0.05, 0.1) is 29.8 Å². The predicted molar refractivity (Wildman–Crippen MR) is 112 cm³/mol. The van der Waals surface area contributed by atoms with Crippen molar-refractivity contribution in [2.45, 2.75) is 13.5 Å². The topological polar surface area (TPSA) is 72.9 Å². The van der Waals surface area contributed by atoms with Gasteiger partial charge < -0.3 is 5.32 Å². The molecule has 0 saturated carbocycles. The summed E-state index contributed by atoms with van der Waals surface area (Å²) in [6, 6.07) is 16.3. The van der Waals surface area contributed by atoms with Gasteiger partial charge in [0.15, 0.2) is 11.5 Å². The molecule has 4 aromatic heterocycles. The summed E-state index contributed by atoms with van der Waals surface area (Å²) in [6.45, 7) is 2.32. The molecule has 0 atom stereocenters. The first-order valence-electron chi connectivity index (χ1n) is 9.48. The van der Waals surface area contributed by atoms with Crippen molar-refractivity contribution in [3.05, 3.63) is 90.5 Å². The summed E-state index contributed by atoms with van der Waals surface area (Å²) in [5.41, 5.74) is 4.48. The highest BCUT2D eigenvalue weighted by atomic mass is 19.1. The fourth-order valence-corrected chi connectivity index (χ4v) is 3.30. The molecule has 148 valence electrons. The van der Waals surface area contributed by atoms with Gasteiger partial charge in [-0.05, 0) is 43.3 Å². The number of aryl methyl sites for hydroxylation is 1. The molecule has 4 heterocycles. The molecule has 0 radical (unpaired) electrons. The number of halogens is 1. The van der Waals surface area contributed by atoms with Gasteiger partial charge in [0, 0.05) is 11.9 Å². The third kappa shape index (κ3) is 3.39. The van der Waals surface area contributed by atoms with Gasteiger partial charge in [-0.25, -0.2) is 23.9 Å². The Bertz CT molecular complexity index is 1340. The number of pyridine rings is 2. The Labute approximate surface area is 171 Å². The van der Waals surface area contributed by atoms with Crippen molar-refractivity contribution >= 4 is 11.3 Å². The van der Waals surface area contributed by atoms with Crippen molar-refractivity contribution in [2.24, 2.45) is 0 Å². The van der Waals surface area contributed by atoms with Crippen LogP contribution in [0.25, 0.3) is 22.9 Å². The average molecular weight is 399 g/mol. The number of hydrogen-bond donors (Lipinski definition) is 1. The second-order valence-electron chi connectivity index (χ2n) is 6.87. The van der Waals surface area contributed by atoms with Crippen LogP contribution in [0.1, 0.15) is 11.4 Å². The van der Waals surface area contributed by atoms with E-state index in [2.05, 4.69) is 20.4 Å². The van der Waals surface area contributed by atoms with E-state index in [9.17, 15) is 4.39 Å². The first kappa shape index (κ1) is 18.0. The van der Waals surface area contributed by atoms with Crippen LogP contribution in [0.2, 0.25) is 0 Å². The Morgan fingerprint density at radius 2 is 1.87 bits per heavy atom. The van der Waals surface area contributed by atoms with Crippen LogP contribution >= 0.6 is 0 Å². The highest BCUT2D eigenvalue weighted by Crippen LogP contribution is 2.23. The lowest BCUT2D eigenvalue weighted by atomic mass is 10.3. The Morgan fingerprint density at radius 3 is 2.73 bits per heavy atom. The van der Waals surface area contributed by atoms with Gasteiger partial charge in [0.1, 0.15) is 17.8 Å². The number of hydrogen-bond acceptors (Lipinski definition) is 5. The number of imidazole rings is 1. The predicted octanol–water partition coefficient (Wildman–Crippen LogP) is 4.04. The zero-order chi connectivity index (χ0) is 20.5. The number of fused-ring (bicyclic) bond motifs is 1. The molecule has 1 aromatic carbocycles. The average Bonchev–Trinajstić information content (AvgIpc) is 3.39. The van der Waals surface area contributed by atoms with Crippen LogP contribution in [0.4, 0.5) is 10.1 Å². The Morgan fingerprint density at radius 1 is 0.967 bits per heavy atom. The van der Waals surface area contributed by atoms with E-state index < -0.39 is 0 Å². The zero-order valence-corrected chi connectivity index (χ0v) is 16.2. The first-order valence-corrected chi connectivity index (χ1v) is 9.48. The molecule has 0 saturated heterocycles. The van der Waals surface area contributed by atoms with Crippen molar-refractivity contribution in [3.63, 3.8) is 0 Å². The quantitative estimate of drug-likeness (QED) is 0.483. The summed E-state index contributed by atoms with van der Waals surface area (Å²) < 4.78 is 17.6. The number of para-hydroxylation sites is 1. The van der Waals surface area contributed by atoms with E-state index in [1.165, 1.54) is 12.4 Å². The van der Waals surface area contributed by atoms with E-state index in [1.807, 2.05) is 54.2 Å². The molecule has 0 fully saturated rings. The molecule has 1 N–H and O–H groups in total. The second-order valence-corrected chi connectivity index (χ2v) is 6.87. The summed E-state index contributed by atoms with van der Waals surface area (Å²) in [7, 11) is 0. The van der Waals surface area contributed by atoms with Crippen LogP contribution in [0.3, 0.4) is 0 Å². The Balaban J connectivity index is 1.56. The monoisotopic (exact) mass is 399 g/mol. The van der Waals surface area contributed by atoms with E-state index >= 15 is 0 Å². The van der Waals surface area contributed by atoms with E-state index in [4.69, 9.17) is 4.98 Å². The zero-order valence-electron chi connectivity index (χ0n) is 16.2. The molecule has 0 aliphatic heterocycles. The molecule has 0 aliphatic carbocycles. The molecular weight excluding hydrogens is 381 g/mol. The molecule has 7 nitrogen and oxygen atoms in total. The van der Waals surface area contributed by atoms with Crippen LogP contribution < -0.4 is 5.32 Å². The van der Waals surface area contributed by atoms with Gasteiger partial charge in [-0.15, -0.1) is 0 Å². The Hall–Kier alpha value is -4.07. The molecule has 0 amide bonds. The normalized spacial score (nSPS) is 11.1. The minimum atomic E-state index is -0.297. The lowest BCUT2D eigenvalue weighted by Crippen LogP contribution is -2.01. The number of rotatable bonds is 5. The van der Waals surface area contributed by atoms with E-state index in [1.54, 1.807) is 22.7 Å². The van der Waals surface area contributed by atoms with Crippen molar-refractivity contribution in [1.82, 2.24) is 29.1 Å². The van der Waals surface area contributed by atoms with Crippen molar-refractivity contribution < 1.29 is 4.39 Å². The maximum atomic E-state index is 14.0. The summed E-state index contributed by atoms with van der Waals surface area (Å²) in [5, 5.41) is 7.33. The Kier molecular flexibility index (Phi) is 4.44. The first-order chi connectivity index (χ1) is 14.7. The molecule has 5 aromatic rings. The number of anilines is 1. The van der Waals surface area contributed by atoms with Gasteiger partial charge in [-0.3, -0.25) is 4.57 Å². The maximum Gasteiger partial charge on any atom is 0.163 e. The van der Waals surface area contributed by atoms with Crippen LogP contribution in [0, 0.1) is 12.7 Å². The summed E-state index contributed by atoms with van der Waals surface area (Å²) in [5.74, 6) is 0.401. The summed E-state index contributed by atoms with van der Waals surface area (Å²) in [6.07, 6.45) is 5.32. The molecular formula is C22H18FN7.